The SMILES string of the molecule is COc1ccc(Br)c(C(=O)Nc2nc(-c3cc(C)ccc3OC)cs2)c1. The van der Waals surface area contributed by atoms with E-state index in [0.29, 0.717) is 20.9 Å². The molecule has 0 saturated carbocycles. The van der Waals surface area contributed by atoms with Gasteiger partial charge in [0.05, 0.1) is 25.5 Å². The lowest BCUT2D eigenvalue weighted by atomic mass is 10.1. The molecule has 0 aliphatic heterocycles. The van der Waals surface area contributed by atoms with Crippen molar-refractivity contribution in [1.29, 1.82) is 0 Å². The number of aryl methyl sites for hydroxylation is 1. The zero-order valence-corrected chi connectivity index (χ0v) is 16.9. The summed E-state index contributed by atoms with van der Waals surface area (Å²) < 4.78 is 11.3. The first-order chi connectivity index (χ1) is 12.5. The number of nitrogens with zero attached hydrogens (tertiary/aromatic N) is 1. The van der Waals surface area contributed by atoms with E-state index >= 15 is 0 Å². The molecule has 0 saturated heterocycles. The number of hydrogen-bond acceptors (Lipinski definition) is 5. The van der Waals surface area contributed by atoms with E-state index in [9.17, 15) is 4.79 Å². The zero-order chi connectivity index (χ0) is 18.7. The Hall–Kier alpha value is -2.38. The van der Waals surface area contributed by atoms with Crippen LogP contribution in [0.25, 0.3) is 11.3 Å². The van der Waals surface area contributed by atoms with Gasteiger partial charge in [-0.05, 0) is 53.2 Å². The van der Waals surface area contributed by atoms with Crippen LogP contribution in [0.2, 0.25) is 0 Å². The van der Waals surface area contributed by atoms with Crippen LogP contribution >= 0.6 is 27.3 Å². The van der Waals surface area contributed by atoms with Crippen LogP contribution in [0.15, 0.2) is 46.3 Å². The number of amides is 1. The van der Waals surface area contributed by atoms with Crippen LogP contribution in [0.4, 0.5) is 5.13 Å². The lowest BCUT2D eigenvalue weighted by Crippen LogP contribution is -2.12. The molecule has 0 aliphatic rings. The lowest BCUT2D eigenvalue weighted by Gasteiger charge is -2.08. The third kappa shape index (κ3) is 3.89. The van der Waals surface area contributed by atoms with Crippen LogP contribution in [0.5, 0.6) is 11.5 Å². The molecule has 0 spiro atoms. The first-order valence-corrected chi connectivity index (χ1v) is 9.44. The van der Waals surface area contributed by atoms with Gasteiger partial charge in [0.15, 0.2) is 5.13 Å². The van der Waals surface area contributed by atoms with Gasteiger partial charge in [-0.25, -0.2) is 4.98 Å². The van der Waals surface area contributed by atoms with Gasteiger partial charge in [-0.1, -0.05) is 11.6 Å². The minimum atomic E-state index is -0.257. The van der Waals surface area contributed by atoms with Crippen molar-refractivity contribution in [3.63, 3.8) is 0 Å². The summed E-state index contributed by atoms with van der Waals surface area (Å²) in [5, 5.41) is 5.25. The van der Waals surface area contributed by atoms with E-state index in [1.165, 1.54) is 11.3 Å². The van der Waals surface area contributed by atoms with E-state index in [2.05, 4.69) is 26.2 Å². The van der Waals surface area contributed by atoms with Crippen molar-refractivity contribution in [3.8, 4) is 22.8 Å². The molecule has 7 heteroatoms. The quantitative estimate of drug-likeness (QED) is 0.605. The minimum Gasteiger partial charge on any atom is -0.497 e. The number of aromatic nitrogens is 1. The Morgan fingerprint density at radius 3 is 2.69 bits per heavy atom. The fraction of sp³-hybridized carbons (Fsp3) is 0.158. The second kappa shape index (κ2) is 7.88. The smallest absolute Gasteiger partial charge is 0.258 e. The van der Waals surface area contributed by atoms with Gasteiger partial charge in [-0.3, -0.25) is 10.1 Å². The second-order valence-corrected chi connectivity index (χ2v) is 7.25. The number of methoxy groups -OCH3 is 2. The maximum atomic E-state index is 12.6. The highest BCUT2D eigenvalue weighted by Crippen LogP contribution is 2.33. The van der Waals surface area contributed by atoms with Gasteiger partial charge < -0.3 is 9.47 Å². The highest BCUT2D eigenvalue weighted by molar-refractivity contribution is 9.10. The topological polar surface area (TPSA) is 60.5 Å². The van der Waals surface area contributed by atoms with Crippen molar-refractivity contribution in [2.75, 3.05) is 19.5 Å². The lowest BCUT2D eigenvalue weighted by molar-refractivity contribution is 0.102. The van der Waals surface area contributed by atoms with Gasteiger partial charge in [0.2, 0.25) is 0 Å². The number of carbonyl (C=O) groups excluding carboxylic acids is 1. The maximum Gasteiger partial charge on any atom is 0.258 e. The van der Waals surface area contributed by atoms with Crippen molar-refractivity contribution in [2.24, 2.45) is 0 Å². The van der Waals surface area contributed by atoms with Crippen molar-refractivity contribution in [1.82, 2.24) is 4.98 Å². The molecule has 5 nitrogen and oxygen atoms in total. The Labute approximate surface area is 164 Å². The Bertz CT molecular complexity index is 956. The largest absolute Gasteiger partial charge is 0.497 e. The van der Waals surface area contributed by atoms with E-state index in [-0.39, 0.29) is 5.91 Å². The summed E-state index contributed by atoms with van der Waals surface area (Å²) in [7, 11) is 3.19. The Kier molecular flexibility index (Phi) is 5.58. The molecule has 0 fully saturated rings. The van der Waals surface area contributed by atoms with Crippen LogP contribution < -0.4 is 14.8 Å². The molecule has 0 unspecified atom stereocenters. The molecule has 0 radical (unpaired) electrons. The number of benzene rings is 2. The summed E-state index contributed by atoms with van der Waals surface area (Å²) in [6, 6.07) is 11.1. The molecular weight excluding hydrogens is 416 g/mol. The van der Waals surface area contributed by atoms with Gasteiger partial charge in [-0.2, -0.15) is 0 Å². The zero-order valence-electron chi connectivity index (χ0n) is 14.5. The summed E-state index contributed by atoms with van der Waals surface area (Å²) in [5.74, 6) is 1.10. The summed E-state index contributed by atoms with van der Waals surface area (Å²) in [6.45, 7) is 2.01. The van der Waals surface area contributed by atoms with Gasteiger partial charge in [0, 0.05) is 15.4 Å². The van der Waals surface area contributed by atoms with Crippen molar-refractivity contribution in [3.05, 3.63) is 57.4 Å². The number of ether oxygens (including phenoxy) is 2. The van der Waals surface area contributed by atoms with Gasteiger partial charge in [0.1, 0.15) is 11.5 Å². The van der Waals surface area contributed by atoms with Crippen LogP contribution in [0, 0.1) is 6.92 Å². The molecule has 3 rings (SSSR count). The van der Waals surface area contributed by atoms with Crippen LogP contribution in [0.3, 0.4) is 0 Å². The van der Waals surface area contributed by atoms with Crippen molar-refractivity contribution >= 4 is 38.3 Å². The summed E-state index contributed by atoms with van der Waals surface area (Å²) >= 11 is 4.76. The Morgan fingerprint density at radius 2 is 1.96 bits per heavy atom. The first-order valence-electron chi connectivity index (χ1n) is 7.77. The third-order valence-electron chi connectivity index (χ3n) is 3.77. The van der Waals surface area contributed by atoms with E-state index < -0.39 is 0 Å². The van der Waals surface area contributed by atoms with E-state index in [0.717, 1.165) is 22.6 Å². The molecule has 0 atom stereocenters. The molecule has 134 valence electrons. The highest BCUT2D eigenvalue weighted by atomic mass is 79.9. The van der Waals surface area contributed by atoms with Crippen LogP contribution in [-0.2, 0) is 0 Å². The van der Waals surface area contributed by atoms with E-state index in [1.807, 2.05) is 30.5 Å². The average molecular weight is 433 g/mol. The second-order valence-electron chi connectivity index (χ2n) is 5.54. The normalized spacial score (nSPS) is 10.5. The monoisotopic (exact) mass is 432 g/mol. The summed E-state index contributed by atoms with van der Waals surface area (Å²) in [6.07, 6.45) is 0. The minimum absolute atomic E-state index is 0.257. The Morgan fingerprint density at radius 1 is 1.15 bits per heavy atom. The van der Waals surface area contributed by atoms with Gasteiger partial charge in [0.25, 0.3) is 5.91 Å². The number of rotatable bonds is 5. The summed E-state index contributed by atoms with van der Waals surface area (Å²) in [5.41, 5.74) is 3.25. The van der Waals surface area contributed by atoms with Crippen molar-refractivity contribution in [2.45, 2.75) is 6.92 Å². The molecule has 0 bridgehead atoms. The number of nitrogens with one attached hydrogen (secondary N) is 1. The van der Waals surface area contributed by atoms with Crippen molar-refractivity contribution < 1.29 is 14.3 Å². The Balaban J connectivity index is 1.85. The molecule has 26 heavy (non-hydrogen) atoms. The molecule has 2 aromatic carbocycles. The fourth-order valence-corrected chi connectivity index (χ4v) is 3.58. The number of anilines is 1. The van der Waals surface area contributed by atoms with Gasteiger partial charge >= 0.3 is 0 Å². The van der Waals surface area contributed by atoms with E-state index in [1.54, 1.807) is 32.4 Å². The molecule has 1 amide bonds. The molecule has 0 aliphatic carbocycles. The molecule has 1 heterocycles. The molecule has 3 aromatic rings. The highest BCUT2D eigenvalue weighted by Gasteiger charge is 2.15. The predicted octanol–water partition coefficient (Wildman–Crippen LogP) is 5.15. The molecular formula is C19H17BrN2O3S. The standard InChI is InChI=1S/C19H17BrN2O3S/c1-11-4-7-17(25-3)14(8-11)16-10-26-19(21-16)22-18(23)13-9-12(24-2)5-6-15(13)20/h4-10H,1-3H3,(H,21,22,23). The maximum absolute atomic E-state index is 12.6. The predicted molar refractivity (Wildman–Crippen MR) is 107 cm³/mol. The molecule has 1 N–H and O–H groups in total. The van der Waals surface area contributed by atoms with Crippen LogP contribution in [-0.4, -0.2) is 25.1 Å². The molecule has 1 aromatic heterocycles. The third-order valence-corrected chi connectivity index (χ3v) is 5.22. The number of halogens is 1. The number of carbonyl (C=O) groups is 1. The average Bonchev–Trinajstić information content (AvgIpc) is 3.10. The first kappa shape index (κ1) is 18.4. The fourth-order valence-electron chi connectivity index (χ4n) is 2.45. The number of thiazole rings is 1. The van der Waals surface area contributed by atoms with Crippen LogP contribution in [0.1, 0.15) is 15.9 Å². The van der Waals surface area contributed by atoms with E-state index in [4.69, 9.17) is 9.47 Å². The summed E-state index contributed by atoms with van der Waals surface area (Å²) in [4.78, 5) is 17.1. The van der Waals surface area contributed by atoms with Gasteiger partial charge in [-0.15, -0.1) is 11.3 Å². The number of hydrogen-bond donors (Lipinski definition) is 1.